The van der Waals surface area contributed by atoms with Gasteiger partial charge in [0.15, 0.2) is 0 Å². The lowest BCUT2D eigenvalue weighted by molar-refractivity contribution is -0.0344. The molecule has 2 unspecified atom stereocenters. The topological polar surface area (TPSA) is 32.7 Å². The molecule has 2 aliphatic heterocycles. The Hall–Kier alpha value is -0.120. The van der Waals surface area contributed by atoms with Crippen molar-refractivity contribution in [3.63, 3.8) is 0 Å². The number of hydrogen-bond acceptors (Lipinski definition) is 3. The van der Waals surface area contributed by atoms with E-state index in [1.54, 1.807) is 0 Å². The first kappa shape index (κ1) is 10.4. The van der Waals surface area contributed by atoms with E-state index in [9.17, 15) is 5.11 Å². The van der Waals surface area contributed by atoms with Crippen molar-refractivity contribution < 1.29 is 9.84 Å². The molecule has 82 valence electrons. The van der Waals surface area contributed by atoms with E-state index in [-0.39, 0.29) is 12.1 Å². The summed E-state index contributed by atoms with van der Waals surface area (Å²) in [6, 6.07) is 0.258. The number of ether oxygens (including phenoxy) is 1. The van der Waals surface area contributed by atoms with Gasteiger partial charge in [-0.05, 0) is 11.3 Å². The third kappa shape index (κ3) is 1.81. The van der Waals surface area contributed by atoms with Crippen molar-refractivity contribution in [2.45, 2.75) is 32.9 Å². The zero-order chi connectivity index (χ0) is 10.3. The van der Waals surface area contributed by atoms with Gasteiger partial charge in [-0.1, -0.05) is 20.8 Å². The van der Waals surface area contributed by atoms with E-state index >= 15 is 0 Å². The van der Waals surface area contributed by atoms with Gasteiger partial charge in [0, 0.05) is 13.1 Å². The summed E-state index contributed by atoms with van der Waals surface area (Å²) in [6.45, 7) is 10.3. The number of rotatable bonds is 1. The molecule has 0 aromatic carbocycles. The second-order valence-electron chi connectivity index (χ2n) is 5.69. The number of likely N-dealkylation sites (tertiary alicyclic amines) is 1. The van der Waals surface area contributed by atoms with Crippen LogP contribution in [0.3, 0.4) is 0 Å². The average Bonchev–Trinajstić information content (AvgIpc) is 2.30. The molecule has 1 N–H and O–H groups in total. The smallest absolute Gasteiger partial charge is 0.0950 e. The minimum Gasteiger partial charge on any atom is -0.389 e. The van der Waals surface area contributed by atoms with E-state index in [1.165, 1.54) is 0 Å². The first-order valence-corrected chi connectivity index (χ1v) is 5.48. The van der Waals surface area contributed by atoms with Gasteiger partial charge in [0.2, 0.25) is 0 Å². The largest absolute Gasteiger partial charge is 0.389 e. The monoisotopic (exact) mass is 199 g/mol. The predicted octanol–water partition coefficient (Wildman–Crippen LogP) is 0.724. The number of hydrogen-bond donors (Lipinski definition) is 1. The van der Waals surface area contributed by atoms with Gasteiger partial charge in [-0.3, -0.25) is 4.90 Å². The Morgan fingerprint density at radius 2 is 1.86 bits per heavy atom. The summed E-state index contributed by atoms with van der Waals surface area (Å²) >= 11 is 0. The maximum absolute atomic E-state index is 9.65. The van der Waals surface area contributed by atoms with Crippen molar-refractivity contribution in [1.82, 2.24) is 4.90 Å². The molecule has 0 amide bonds. The lowest BCUT2D eigenvalue weighted by Crippen LogP contribution is -2.59. The summed E-state index contributed by atoms with van der Waals surface area (Å²) in [4.78, 5) is 2.35. The van der Waals surface area contributed by atoms with Crippen molar-refractivity contribution in [1.29, 1.82) is 0 Å². The number of nitrogens with zero attached hydrogens (tertiary/aromatic N) is 1. The highest BCUT2D eigenvalue weighted by Gasteiger charge is 2.42. The van der Waals surface area contributed by atoms with Crippen LogP contribution in [0.1, 0.15) is 20.8 Å². The first-order chi connectivity index (χ1) is 6.48. The Labute approximate surface area is 86.0 Å². The van der Waals surface area contributed by atoms with Gasteiger partial charge in [-0.2, -0.15) is 0 Å². The molecule has 0 bridgehead atoms. The second kappa shape index (κ2) is 3.47. The Morgan fingerprint density at radius 1 is 1.21 bits per heavy atom. The summed E-state index contributed by atoms with van der Waals surface area (Å²) in [6.07, 6.45) is -0.268. The van der Waals surface area contributed by atoms with E-state index in [0.29, 0.717) is 18.6 Å². The van der Waals surface area contributed by atoms with Crippen LogP contribution in [-0.2, 0) is 4.74 Å². The fraction of sp³-hybridized carbons (Fsp3) is 1.00. The molecule has 3 heteroatoms. The standard InChI is InChI=1S/C11H21NO2/c1-11(2,3)8-4-12(5-8)9-6-14-7-10(9)13/h8-10,13H,4-7H2,1-3H3. The molecule has 2 heterocycles. The molecule has 0 aliphatic carbocycles. The Morgan fingerprint density at radius 3 is 2.29 bits per heavy atom. The fourth-order valence-corrected chi connectivity index (χ4v) is 2.21. The molecule has 0 aromatic heterocycles. The maximum Gasteiger partial charge on any atom is 0.0950 e. The molecule has 0 saturated carbocycles. The van der Waals surface area contributed by atoms with Gasteiger partial charge < -0.3 is 9.84 Å². The maximum atomic E-state index is 9.65. The van der Waals surface area contributed by atoms with Crippen LogP contribution in [0.25, 0.3) is 0 Å². The van der Waals surface area contributed by atoms with Crippen LogP contribution in [0.15, 0.2) is 0 Å². The Balaban J connectivity index is 1.83. The van der Waals surface area contributed by atoms with Gasteiger partial charge >= 0.3 is 0 Å². The molecule has 2 aliphatic rings. The van der Waals surface area contributed by atoms with Crippen LogP contribution in [0.5, 0.6) is 0 Å². The highest BCUT2D eigenvalue weighted by Crippen LogP contribution is 2.35. The first-order valence-electron chi connectivity index (χ1n) is 5.48. The van der Waals surface area contributed by atoms with Crippen LogP contribution in [0, 0.1) is 11.3 Å². The number of aliphatic hydroxyl groups is 1. The zero-order valence-electron chi connectivity index (χ0n) is 9.36. The molecular formula is C11H21NO2. The molecule has 2 saturated heterocycles. The van der Waals surface area contributed by atoms with Gasteiger partial charge in [-0.15, -0.1) is 0 Å². The third-order valence-corrected chi connectivity index (χ3v) is 3.62. The van der Waals surface area contributed by atoms with Crippen molar-refractivity contribution in [2.75, 3.05) is 26.3 Å². The normalized spacial score (nSPS) is 36.0. The van der Waals surface area contributed by atoms with Gasteiger partial charge in [0.25, 0.3) is 0 Å². The van der Waals surface area contributed by atoms with Crippen molar-refractivity contribution in [2.24, 2.45) is 11.3 Å². The van der Waals surface area contributed by atoms with E-state index < -0.39 is 0 Å². The summed E-state index contributed by atoms with van der Waals surface area (Å²) in [5, 5.41) is 9.65. The molecule has 0 spiro atoms. The quantitative estimate of drug-likeness (QED) is 0.675. The lowest BCUT2D eigenvalue weighted by atomic mass is 9.75. The minimum absolute atomic E-state index is 0.258. The number of aliphatic hydroxyl groups excluding tert-OH is 1. The van der Waals surface area contributed by atoms with E-state index in [4.69, 9.17) is 4.74 Å². The van der Waals surface area contributed by atoms with Gasteiger partial charge in [-0.25, -0.2) is 0 Å². The molecule has 3 nitrogen and oxygen atoms in total. The molecule has 2 atom stereocenters. The van der Waals surface area contributed by atoms with Crippen molar-refractivity contribution >= 4 is 0 Å². The molecule has 2 fully saturated rings. The molecule has 0 radical (unpaired) electrons. The van der Waals surface area contributed by atoms with Crippen molar-refractivity contribution in [3.05, 3.63) is 0 Å². The van der Waals surface area contributed by atoms with E-state index in [1.807, 2.05) is 0 Å². The van der Waals surface area contributed by atoms with E-state index in [2.05, 4.69) is 25.7 Å². The van der Waals surface area contributed by atoms with Crippen LogP contribution in [-0.4, -0.2) is 48.5 Å². The summed E-state index contributed by atoms with van der Waals surface area (Å²) in [5.41, 5.74) is 0.404. The average molecular weight is 199 g/mol. The second-order valence-corrected chi connectivity index (χ2v) is 5.69. The SMILES string of the molecule is CC(C)(C)C1CN(C2COCC2O)C1. The van der Waals surface area contributed by atoms with E-state index in [0.717, 1.165) is 19.0 Å². The summed E-state index contributed by atoms with van der Waals surface area (Å²) < 4.78 is 5.26. The van der Waals surface area contributed by atoms with Gasteiger partial charge in [0.05, 0.1) is 25.4 Å². The fourth-order valence-electron chi connectivity index (χ4n) is 2.21. The highest BCUT2D eigenvalue weighted by molar-refractivity contribution is 4.95. The van der Waals surface area contributed by atoms with Crippen LogP contribution < -0.4 is 0 Å². The third-order valence-electron chi connectivity index (χ3n) is 3.62. The molecule has 2 rings (SSSR count). The molecule has 14 heavy (non-hydrogen) atoms. The Bertz CT molecular complexity index is 206. The van der Waals surface area contributed by atoms with Crippen LogP contribution >= 0.6 is 0 Å². The summed E-state index contributed by atoms with van der Waals surface area (Å²) in [7, 11) is 0. The predicted molar refractivity (Wildman–Crippen MR) is 55.1 cm³/mol. The minimum atomic E-state index is -0.268. The molecular weight excluding hydrogens is 178 g/mol. The summed E-state index contributed by atoms with van der Waals surface area (Å²) in [5.74, 6) is 0.773. The molecule has 0 aromatic rings. The lowest BCUT2D eigenvalue weighted by Gasteiger charge is -2.49. The van der Waals surface area contributed by atoms with Crippen LogP contribution in [0.2, 0.25) is 0 Å². The van der Waals surface area contributed by atoms with Crippen LogP contribution in [0.4, 0.5) is 0 Å². The zero-order valence-corrected chi connectivity index (χ0v) is 9.36. The highest BCUT2D eigenvalue weighted by atomic mass is 16.5. The van der Waals surface area contributed by atoms with Gasteiger partial charge in [0.1, 0.15) is 0 Å². The van der Waals surface area contributed by atoms with Crippen molar-refractivity contribution in [3.8, 4) is 0 Å². The Kier molecular flexibility index (Phi) is 2.58.